The van der Waals surface area contributed by atoms with E-state index in [9.17, 15) is 9.18 Å². The third kappa shape index (κ3) is 3.24. The molecule has 5 rings (SSSR count). The summed E-state index contributed by atoms with van der Waals surface area (Å²) >= 11 is 0. The molecule has 2 N–H and O–H groups in total. The van der Waals surface area contributed by atoms with Crippen LogP contribution in [0.5, 0.6) is 0 Å². The van der Waals surface area contributed by atoms with Gasteiger partial charge < -0.3 is 0 Å². The molecule has 0 saturated heterocycles. The Morgan fingerprint density at radius 1 is 1.29 bits per heavy atom. The molecule has 152 valence electrons. The SMILES string of the molecule is O=C(NO)c1cnc2c(c1)CN(CC1CCC3CCC4(F)CCC1C3C4)CC2. The lowest BCUT2D eigenvalue weighted by molar-refractivity contribution is -0.0780. The molecule has 3 aliphatic carbocycles. The van der Waals surface area contributed by atoms with Gasteiger partial charge in [-0.2, -0.15) is 0 Å². The minimum Gasteiger partial charge on any atom is -0.298 e. The van der Waals surface area contributed by atoms with E-state index in [0.717, 1.165) is 75.3 Å². The van der Waals surface area contributed by atoms with Crippen LogP contribution in [0.15, 0.2) is 12.3 Å². The topological polar surface area (TPSA) is 65.5 Å². The summed E-state index contributed by atoms with van der Waals surface area (Å²) in [5, 5.41) is 8.87. The largest absolute Gasteiger partial charge is 0.298 e. The predicted molar refractivity (Wildman–Crippen MR) is 103 cm³/mol. The number of rotatable bonds is 3. The van der Waals surface area contributed by atoms with Crippen molar-refractivity contribution in [2.45, 2.75) is 63.6 Å². The standard InChI is InChI=1S/C22H30FN3O2/c23-22-6-3-14-1-2-15(18(4-7-22)19(14)10-22)12-26-8-5-20-17(13-26)9-16(11-24-20)21(27)25-28/h9,11,14-15,18-19,28H,1-8,10,12-13H2,(H,25,27). The van der Waals surface area contributed by atoms with Crippen LogP contribution in [0.4, 0.5) is 4.39 Å². The number of hydroxylamine groups is 1. The summed E-state index contributed by atoms with van der Waals surface area (Å²) in [5.74, 6) is 2.21. The third-order valence-electron chi connectivity index (χ3n) is 8.13. The lowest BCUT2D eigenvalue weighted by Crippen LogP contribution is -2.50. The zero-order chi connectivity index (χ0) is 19.3. The highest BCUT2D eigenvalue weighted by Crippen LogP contribution is 2.56. The summed E-state index contributed by atoms with van der Waals surface area (Å²) in [6.45, 7) is 2.87. The van der Waals surface area contributed by atoms with E-state index in [2.05, 4.69) is 9.88 Å². The van der Waals surface area contributed by atoms with Gasteiger partial charge in [-0.15, -0.1) is 0 Å². The van der Waals surface area contributed by atoms with Gasteiger partial charge in [0.1, 0.15) is 5.67 Å². The smallest absolute Gasteiger partial charge is 0.276 e. The van der Waals surface area contributed by atoms with Crippen molar-refractivity contribution < 1.29 is 14.4 Å². The molecule has 0 aromatic carbocycles. The zero-order valence-electron chi connectivity index (χ0n) is 16.4. The van der Waals surface area contributed by atoms with Gasteiger partial charge in [0.15, 0.2) is 0 Å². The number of amides is 1. The molecule has 4 aliphatic rings. The lowest BCUT2D eigenvalue weighted by Gasteiger charge is -2.54. The van der Waals surface area contributed by atoms with Crippen molar-refractivity contribution in [2.24, 2.45) is 23.7 Å². The van der Waals surface area contributed by atoms with Crippen molar-refractivity contribution in [3.05, 3.63) is 29.1 Å². The molecule has 5 atom stereocenters. The van der Waals surface area contributed by atoms with Crippen LogP contribution in [0.1, 0.15) is 66.6 Å². The highest BCUT2D eigenvalue weighted by atomic mass is 19.1. The average molecular weight is 387 g/mol. The minimum absolute atomic E-state index is 0.400. The van der Waals surface area contributed by atoms with E-state index >= 15 is 0 Å². The van der Waals surface area contributed by atoms with E-state index in [1.165, 1.54) is 19.0 Å². The second-order valence-electron chi connectivity index (χ2n) is 9.61. The Bertz CT molecular complexity index is 772. The highest BCUT2D eigenvalue weighted by molar-refractivity contribution is 5.93. The molecule has 6 heteroatoms. The number of nitrogens with zero attached hydrogens (tertiary/aromatic N) is 2. The van der Waals surface area contributed by atoms with Crippen LogP contribution >= 0.6 is 0 Å². The van der Waals surface area contributed by atoms with Crippen LogP contribution in [0.2, 0.25) is 0 Å². The quantitative estimate of drug-likeness (QED) is 0.615. The molecule has 2 bridgehead atoms. The molecule has 1 aliphatic heterocycles. The summed E-state index contributed by atoms with van der Waals surface area (Å²) < 4.78 is 14.9. The maximum Gasteiger partial charge on any atom is 0.276 e. The fourth-order valence-corrected chi connectivity index (χ4v) is 6.69. The van der Waals surface area contributed by atoms with Gasteiger partial charge >= 0.3 is 0 Å². The Balaban J connectivity index is 1.28. The average Bonchev–Trinajstić information content (AvgIpc) is 2.72. The van der Waals surface area contributed by atoms with Gasteiger partial charge in [0.25, 0.3) is 5.91 Å². The van der Waals surface area contributed by atoms with Gasteiger partial charge in [0.2, 0.25) is 0 Å². The van der Waals surface area contributed by atoms with Gasteiger partial charge in [-0.05, 0) is 80.2 Å². The van der Waals surface area contributed by atoms with E-state index in [4.69, 9.17) is 5.21 Å². The fourth-order valence-electron chi connectivity index (χ4n) is 6.69. The monoisotopic (exact) mass is 387 g/mol. The maximum absolute atomic E-state index is 14.9. The summed E-state index contributed by atoms with van der Waals surface area (Å²) in [6, 6.07) is 1.86. The fraction of sp³-hybridized carbons (Fsp3) is 0.727. The Hall–Kier alpha value is -1.53. The predicted octanol–water partition coefficient (Wildman–Crippen LogP) is 3.50. The number of carbonyl (C=O) groups excluding carboxylic acids is 1. The first-order valence-corrected chi connectivity index (χ1v) is 10.9. The Labute approximate surface area is 165 Å². The number of hydrogen-bond acceptors (Lipinski definition) is 4. The van der Waals surface area contributed by atoms with Crippen LogP contribution in [0.3, 0.4) is 0 Å². The molecule has 5 nitrogen and oxygen atoms in total. The van der Waals surface area contributed by atoms with Gasteiger partial charge in [0.05, 0.1) is 5.56 Å². The Morgan fingerprint density at radius 2 is 2.14 bits per heavy atom. The van der Waals surface area contributed by atoms with Crippen LogP contribution < -0.4 is 5.48 Å². The van der Waals surface area contributed by atoms with Gasteiger partial charge in [0, 0.05) is 37.9 Å². The number of pyridine rings is 1. The molecule has 3 fully saturated rings. The molecule has 2 heterocycles. The van der Waals surface area contributed by atoms with Crippen LogP contribution in [-0.4, -0.2) is 39.8 Å². The second kappa shape index (κ2) is 7.06. The summed E-state index contributed by atoms with van der Waals surface area (Å²) in [5.41, 5.74) is 3.37. The van der Waals surface area contributed by atoms with Crippen molar-refractivity contribution in [1.29, 1.82) is 0 Å². The Morgan fingerprint density at radius 3 is 3.00 bits per heavy atom. The normalized spacial score (nSPS) is 37.2. The summed E-state index contributed by atoms with van der Waals surface area (Å²) in [4.78, 5) is 18.6. The van der Waals surface area contributed by atoms with Crippen molar-refractivity contribution in [1.82, 2.24) is 15.4 Å². The van der Waals surface area contributed by atoms with Crippen molar-refractivity contribution in [3.8, 4) is 0 Å². The van der Waals surface area contributed by atoms with Crippen molar-refractivity contribution in [3.63, 3.8) is 0 Å². The zero-order valence-corrected chi connectivity index (χ0v) is 16.4. The number of aromatic nitrogens is 1. The molecular weight excluding hydrogens is 357 g/mol. The summed E-state index contributed by atoms with van der Waals surface area (Å²) in [7, 11) is 0. The summed E-state index contributed by atoms with van der Waals surface area (Å²) in [6.07, 6.45) is 9.52. The first kappa shape index (κ1) is 18.5. The number of carbonyl (C=O) groups is 1. The van der Waals surface area contributed by atoms with Gasteiger partial charge in [-0.1, -0.05) is 0 Å². The maximum atomic E-state index is 14.9. The van der Waals surface area contributed by atoms with Crippen molar-refractivity contribution in [2.75, 3.05) is 13.1 Å². The van der Waals surface area contributed by atoms with E-state index < -0.39 is 11.6 Å². The number of halogens is 1. The minimum atomic E-state index is -0.862. The highest BCUT2D eigenvalue weighted by Gasteiger charge is 2.51. The molecule has 1 aromatic heterocycles. The molecule has 0 radical (unpaired) electrons. The van der Waals surface area contributed by atoms with Crippen LogP contribution in [0, 0.1) is 23.7 Å². The molecule has 1 aromatic rings. The molecular formula is C22H30FN3O2. The number of fused-ring (bicyclic) bond motifs is 2. The van der Waals surface area contributed by atoms with E-state index in [0.29, 0.717) is 23.3 Å². The first-order chi connectivity index (χ1) is 13.5. The third-order valence-corrected chi connectivity index (χ3v) is 8.13. The van der Waals surface area contributed by atoms with E-state index in [1.807, 2.05) is 6.07 Å². The van der Waals surface area contributed by atoms with E-state index in [1.54, 1.807) is 5.48 Å². The lowest BCUT2D eigenvalue weighted by atomic mass is 9.53. The van der Waals surface area contributed by atoms with E-state index in [-0.39, 0.29) is 0 Å². The number of alkyl halides is 1. The molecule has 0 spiro atoms. The first-order valence-electron chi connectivity index (χ1n) is 10.9. The second-order valence-corrected chi connectivity index (χ2v) is 9.61. The van der Waals surface area contributed by atoms with Crippen LogP contribution in [-0.2, 0) is 13.0 Å². The van der Waals surface area contributed by atoms with Gasteiger partial charge in [-0.3, -0.25) is 19.9 Å². The molecule has 5 unspecified atom stereocenters. The number of hydrogen-bond donors (Lipinski definition) is 2. The van der Waals surface area contributed by atoms with Crippen molar-refractivity contribution >= 4 is 5.91 Å². The van der Waals surface area contributed by atoms with Crippen LogP contribution in [0.25, 0.3) is 0 Å². The molecule has 3 saturated carbocycles. The van der Waals surface area contributed by atoms with Gasteiger partial charge in [-0.25, -0.2) is 9.87 Å². The molecule has 1 amide bonds. The molecule has 28 heavy (non-hydrogen) atoms. The number of nitrogens with one attached hydrogen (secondary N) is 1. The Kier molecular flexibility index (Phi) is 4.67.